The number of piperazine rings is 2. The van der Waals surface area contributed by atoms with Crippen LogP contribution >= 0.6 is 0 Å². The molecule has 0 unspecified atom stereocenters. The van der Waals surface area contributed by atoms with Crippen molar-refractivity contribution >= 4 is 17.7 Å². The summed E-state index contributed by atoms with van der Waals surface area (Å²) in [6.07, 6.45) is 3.55. The number of fused-ring (bicyclic) bond motifs is 3. The summed E-state index contributed by atoms with van der Waals surface area (Å²) in [5.41, 5.74) is 4.46. The summed E-state index contributed by atoms with van der Waals surface area (Å²) >= 11 is 0. The van der Waals surface area contributed by atoms with Crippen LogP contribution in [0.1, 0.15) is 75.0 Å². The number of tetrazole rings is 1. The van der Waals surface area contributed by atoms with Crippen LogP contribution in [0.4, 0.5) is 0 Å². The molecule has 3 aliphatic heterocycles. The molecule has 2 N–H and O–H groups in total. The molecule has 0 bridgehead atoms. The zero-order chi connectivity index (χ0) is 36.9. The highest BCUT2D eigenvalue weighted by molar-refractivity contribution is 5.95. The minimum Gasteiger partial charge on any atom is -0.336 e. The molecule has 3 amide bonds. The molecule has 4 atom stereocenters. The lowest BCUT2D eigenvalue weighted by Gasteiger charge is -2.37. The minimum atomic E-state index is -0.893. The summed E-state index contributed by atoms with van der Waals surface area (Å²) in [5.74, 6) is 1.01. The van der Waals surface area contributed by atoms with E-state index in [4.69, 9.17) is 0 Å². The van der Waals surface area contributed by atoms with E-state index in [1.807, 2.05) is 34.1 Å². The quantitative estimate of drug-likeness (QED) is 0.348. The van der Waals surface area contributed by atoms with Crippen LogP contribution in [0.5, 0.6) is 0 Å². The highest BCUT2D eigenvalue weighted by Crippen LogP contribution is 2.48. The Bertz CT molecular complexity index is 1820. The third-order valence-corrected chi connectivity index (χ3v) is 12.4. The molecule has 14 nitrogen and oxygen atoms in total. The van der Waals surface area contributed by atoms with E-state index in [-0.39, 0.29) is 42.4 Å². The molecule has 8 rings (SSSR count). The molecule has 1 saturated carbocycles. The first-order valence-electron chi connectivity index (χ1n) is 19.1. The summed E-state index contributed by atoms with van der Waals surface area (Å²) < 4.78 is 0. The number of piperidine rings is 1. The van der Waals surface area contributed by atoms with Gasteiger partial charge in [-0.2, -0.15) is 5.26 Å². The lowest BCUT2D eigenvalue weighted by molar-refractivity contribution is -0.131. The molecule has 3 saturated heterocycles. The van der Waals surface area contributed by atoms with Gasteiger partial charge < -0.3 is 29.8 Å². The fourth-order valence-corrected chi connectivity index (χ4v) is 9.23. The van der Waals surface area contributed by atoms with E-state index in [0.717, 1.165) is 61.3 Å². The van der Waals surface area contributed by atoms with Crippen LogP contribution in [-0.2, 0) is 23.1 Å². The predicted molar refractivity (Wildman–Crippen MR) is 196 cm³/mol. The van der Waals surface area contributed by atoms with Gasteiger partial charge in [-0.15, -0.1) is 5.10 Å². The number of nitriles is 1. The van der Waals surface area contributed by atoms with Crippen LogP contribution in [0.2, 0.25) is 0 Å². The normalized spacial score (nSPS) is 24.4. The maximum absolute atomic E-state index is 13.8. The second-order valence-electron chi connectivity index (χ2n) is 15.8. The average Bonchev–Trinajstić information content (AvgIpc) is 3.55. The maximum Gasteiger partial charge on any atom is 0.253 e. The van der Waals surface area contributed by atoms with Gasteiger partial charge in [0.25, 0.3) is 11.8 Å². The highest BCUT2D eigenvalue weighted by atomic mass is 16.2. The number of rotatable bonds is 8. The highest BCUT2D eigenvalue weighted by Gasteiger charge is 2.54. The molecule has 0 radical (unpaired) electrons. The summed E-state index contributed by atoms with van der Waals surface area (Å²) in [6.45, 7) is 8.28. The second kappa shape index (κ2) is 14.3. The van der Waals surface area contributed by atoms with Gasteiger partial charge in [0.15, 0.2) is 5.82 Å². The van der Waals surface area contributed by atoms with Gasteiger partial charge in [0.1, 0.15) is 6.04 Å². The largest absolute Gasteiger partial charge is 0.336 e. The lowest BCUT2D eigenvalue weighted by atomic mass is 9.67. The third-order valence-electron chi connectivity index (χ3n) is 12.4. The summed E-state index contributed by atoms with van der Waals surface area (Å²) in [5, 5.41) is 29.0. The van der Waals surface area contributed by atoms with Gasteiger partial charge in [0.2, 0.25) is 5.91 Å². The molecular formula is C39H49N11O3. The van der Waals surface area contributed by atoms with E-state index >= 15 is 0 Å². The van der Waals surface area contributed by atoms with E-state index in [1.165, 1.54) is 0 Å². The van der Waals surface area contributed by atoms with Gasteiger partial charge in [-0.05, 0) is 116 Å². The number of aromatic amines is 1. The van der Waals surface area contributed by atoms with Gasteiger partial charge in [-0.25, -0.2) is 5.10 Å². The average molecular weight is 720 g/mol. The molecule has 2 aliphatic carbocycles. The van der Waals surface area contributed by atoms with Crippen LogP contribution in [-0.4, -0.2) is 154 Å². The smallest absolute Gasteiger partial charge is 0.253 e. The van der Waals surface area contributed by atoms with Crippen molar-refractivity contribution in [2.75, 3.05) is 73.0 Å². The fraction of sp³-hybridized carbons (Fsp3) is 0.564. The molecule has 278 valence electrons. The van der Waals surface area contributed by atoms with Gasteiger partial charge in [0.05, 0.1) is 18.0 Å². The Hall–Kier alpha value is -4.71. The molecule has 4 fully saturated rings. The Morgan fingerprint density at radius 2 is 1.45 bits per heavy atom. The number of aryl methyl sites for hydroxylation is 2. The molecule has 1 aromatic heterocycles. The van der Waals surface area contributed by atoms with Crippen LogP contribution in [0.25, 0.3) is 0 Å². The molecule has 5 aliphatic rings. The first-order valence-corrected chi connectivity index (χ1v) is 19.1. The number of likely N-dealkylation sites (N-methyl/N-ethyl adjacent to an activating group) is 2. The van der Waals surface area contributed by atoms with Crippen molar-refractivity contribution in [3.8, 4) is 6.07 Å². The minimum absolute atomic E-state index is 0.0266. The van der Waals surface area contributed by atoms with Gasteiger partial charge in [-0.1, -0.05) is 12.1 Å². The van der Waals surface area contributed by atoms with Crippen molar-refractivity contribution in [3.05, 3.63) is 75.6 Å². The topological polar surface area (TPSA) is 158 Å². The van der Waals surface area contributed by atoms with E-state index in [9.17, 15) is 19.6 Å². The summed E-state index contributed by atoms with van der Waals surface area (Å²) in [4.78, 5) is 51.3. The number of likely N-dealkylation sites (tertiary alicyclic amines) is 1. The fourth-order valence-electron chi connectivity index (χ4n) is 9.23. The van der Waals surface area contributed by atoms with Gasteiger partial charge in [0, 0.05) is 75.6 Å². The summed E-state index contributed by atoms with van der Waals surface area (Å²) in [6, 6.07) is 14.0. The monoisotopic (exact) mass is 719 g/mol. The summed E-state index contributed by atoms with van der Waals surface area (Å²) in [7, 11) is 4.15. The van der Waals surface area contributed by atoms with E-state index in [0.29, 0.717) is 68.3 Å². The number of hydrogen-bond donors (Lipinski definition) is 2. The number of aromatic nitrogens is 4. The molecule has 2 aromatic carbocycles. The Morgan fingerprint density at radius 3 is 1.96 bits per heavy atom. The predicted octanol–water partition coefficient (Wildman–Crippen LogP) is 1.29. The van der Waals surface area contributed by atoms with Gasteiger partial charge >= 0.3 is 0 Å². The number of nitrogens with one attached hydrogen (secondary N) is 2. The van der Waals surface area contributed by atoms with E-state index in [2.05, 4.69) is 75.0 Å². The third kappa shape index (κ3) is 6.59. The lowest BCUT2D eigenvalue weighted by Crippen LogP contribution is -2.47. The zero-order valence-electron chi connectivity index (χ0n) is 30.9. The molecule has 14 heteroatoms. The number of nitrogens with zero attached hydrogens (tertiary/aromatic N) is 9. The number of carbonyl (C=O) groups is 3. The van der Waals surface area contributed by atoms with Crippen molar-refractivity contribution in [2.24, 2.45) is 5.92 Å². The molecule has 0 spiro atoms. The number of carbonyl (C=O) groups excluding carboxylic acids is 3. The van der Waals surface area contributed by atoms with E-state index in [1.54, 1.807) is 4.90 Å². The molecule has 53 heavy (non-hydrogen) atoms. The van der Waals surface area contributed by atoms with Crippen LogP contribution in [0.15, 0.2) is 36.4 Å². The van der Waals surface area contributed by atoms with Crippen molar-refractivity contribution in [1.29, 1.82) is 5.26 Å². The maximum atomic E-state index is 13.8. The first kappa shape index (κ1) is 35.3. The Kier molecular flexibility index (Phi) is 9.51. The number of benzene rings is 2. The molecular weight excluding hydrogens is 671 g/mol. The van der Waals surface area contributed by atoms with Crippen LogP contribution in [0, 0.1) is 17.2 Å². The van der Waals surface area contributed by atoms with Crippen molar-refractivity contribution < 1.29 is 14.4 Å². The van der Waals surface area contributed by atoms with E-state index < -0.39 is 5.41 Å². The first-order chi connectivity index (χ1) is 25.7. The second-order valence-corrected chi connectivity index (χ2v) is 15.8. The number of hydrogen-bond acceptors (Lipinski definition) is 10. The zero-order valence-corrected chi connectivity index (χ0v) is 30.9. The number of H-pyrrole nitrogens is 1. The van der Waals surface area contributed by atoms with Crippen LogP contribution in [0.3, 0.4) is 0 Å². The Morgan fingerprint density at radius 1 is 0.887 bits per heavy atom. The number of amides is 3. The Balaban J connectivity index is 1.16. The van der Waals surface area contributed by atoms with Gasteiger partial charge in [-0.3, -0.25) is 14.4 Å². The Labute approximate surface area is 310 Å². The van der Waals surface area contributed by atoms with Crippen molar-refractivity contribution in [2.45, 2.75) is 62.6 Å². The van der Waals surface area contributed by atoms with Crippen molar-refractivity contribution in [1.82, 2.24) is 50.4 Å². The SMILES string of the molecule is C[C@@H](CC1(c2nnn[nH]2)c2ccc(C(=O)N3CCN(C)CC3)cc2CCc2cc(C(=O)N3CCN(C)CC3)ccc21)NCC(=O)N1[C@H](C#N)C[C@@H]2C[C@@H]21. The standard InChI is InChI=1S/C39H49N11O3/c1-25(41-24-35(51)50-31(23-40)20-30-21-34(30)50)22-39(38-42-44-45-43-38)32-8-6-28(36(52)48-14-10-46(2)11-15-48)18-26(32)4-5-27-19-29(7-9-33(27)39)37(53)49-16-12-47(3)13-17-49/h6-9,18-19,25,30-31,34,41H,4-5,10-17,20-22,24H2,1-3H3,(H,42,43,44,45)/t25-,30+,31-,34-/m0/s1. The molecule has 3 aromatic rings. The van der Waals surface area contributed by atoms with Crippen molar-refractivity contribution in [3.63, 3.8) is 0 Å². The molecule has 4 heterocycles. The van der Waals surface area contributed by atoms with Crippen LogP contribution < -0.4 is 5.32 Å².